The second-order valence-corrected chi connectivity index (χ2v) is 8.01. The van der Waals surface area contributed by atoms with E-state index >= 15 is 0 Å². The van der Waals surface area contributed by atoms with Crippen molar-refractivity contribution in [1.82, 2.24) is 4.31 Å². The van der Waals surface area contributed by atoms with Gasteiger partial charge in [0.25, 0.3) is 0 Å². The summed E-state index contributed by atoms with van der Waals surface area (Å²) in [5, 5.41) is 0. The molecule has 0 saturated carbocycles. The summed E-state index contributed by atoms with van der Waals surface area (Å²) >= 11 is 3.40. The van der Waals surface area contributed by atoms with Gasteiger partial charge in [-0.2, -0.15) is 4.31 Å². The molecule has 1 aromatic carbocycles. The lowest BCUT2D eigenvalue weighted by molar-refractivity contribution is 0.444. The van der Waals surface area contributed by atoms with Crippen LogP contribution in [-0.2, 0) is 10.0 Å². The van der Waals surface area contributed by atoms with Gasteiger partial charge < -0.3 is 0 Å². The SMILES string of the molecule is CCCC1CCN(S(=O)(=O)c2ccc(Br)c(C)c2)C1. The zero-order chi connectivity index (χ0) is 14.0. The van der Waals surface area contributed by atoms with Gasteiger partial charge in [0.1, 0.15) is 0 Å². The molecule has 0 spiro atoms. The minimum Gasteiger partial charge on any atom is -0.207 e. The van der Waals surface area contributed by atoms with Gasteiger partial charge in [0.15, 0.2) is 0 Å². The quantitative estimate of drug-likeness (QED) is 0.836. The Kier molecular flexibility index (Phi) is 4.69. The summed E-state index contributed by atoms with van der Waals surface area (Å²) in [5.74, 6) is 0.524. The van der Waals surface area contributed by atoms with E-state index in [2.05, 4.69) is 22.9 Å². The maximum Gasteiger partial charge on any atom is 0.243 e. The molecule has 1 unspecified atom stereocenters. The maximum absolute atomic E-state index is 12.6. The van der Waals surface area contributed by atoms with Gasteiger partial charge in [0.2, 0.25) is 10.0 Å². The fourth-order valence-corrected chi connectivity index (χ4v) is 4.45. The van der Waals surface area contributed by atoms with E-state index in [0.717, 1.165) is 29.3 Å². The molecule has 0 aliphatic carbocycles. The lowest BCUT2D eigenvalue weighted by Crippen LogP contribution is -2.29. The van der Waals surface area contributed by atoms with Crippen LogP contribution in [0.3, 0.4) is 0 Å². The van der Waals surface area contributed by atoms with Crippen molar-refractivity contribution in [2.45, 2.75) is 38.0 Å². The van der Waals surface area contributed by atoms with Crippen LogP contribution in [0.1, 0.15) is 31.7 Å². The van der Waals surface area contributed by atoms with E-state index in [1.807, 2.05) is 13.0 Å². The molecule has 0 amide bonds. The van der Waals surface area contributed by atoms with E-state index in [1.54, 1.807) is 16.4 Å². The van der Waals surface area contributed by atoms with E-state index in [1.165, 1.54) is 0 Å². The molecule has 1 aliphatic heterocycles. The molecule has 106 valence electrons. The maximum atomic E-state index is 12.6. The van der Waals surface area contributed by atoms with Crippen LogP contribution in [0.15, 0.2) is 27.6 Å². The predicted octanol–water partition coefficient (Wildman–Crippen LogP) is 3.57. The van der Waals surface area contributed by atoms with Crippen molar-refractivity contribution in [2.75, 3.05) is 13.1 Å². The predicted molar refractivity (Wildman–Crippen MR) is 80.7 cm³/mol. The Hall–Kier alpha value is -0.390. The molecule has 5 heteroatoms. The normalized spacial score (nSPS) is 20.9. The highest BCUT2D eigenvalue weighted by Crippen LogP contribution is 2.28. The molecule has 3 nitrogen and oxygen atoms in total. The van der Waals surface area contributed by atoms with Crippen LogP contribution < -0.4 is 0 Å². The smallest absolute Gasteiger partial charge is 0.207 e. The van der Waals surface area contributed by atoms with E-state index in [0.29, 0.717) is 23.9 Å². The Morgan fingerprint density at radius 3 is 2.79 bits per heavy atom. The molecular formula is C14H20BrNO2S. The van der Waals surface area contributed by atoms with Crippen LogP contribution in [0.2, 0.25) is 0 Å². The van der Waals surface area contributed by atoms with Gasteiger partial charge >= 0.3 is 0 Å². The van der Waals surface area contributed by atoms with Gasteiger partial charge in [-0.3, -0.25) is 0 Å². The molecule has 2 rings (SSSR count). The second-order valence-electron chi connectivity index (χ2n) is 5.22. The molecule has 1 fully saturated rings. The summed E-state index contributed by atoms with van der Waals surface area (Å²) in [6, 6.07) is 5.23. The van der Waals surface area contributed by atoms with E-state index < -0.39 is 10.0 Å². The topological polar surface area (TPSA) is 37.4 Å². The zero-order valence-corrected chi connectivity index (χ0v) is 13.8. The third-order valence-corrected chi connectivity index (χ3v) is 6.46. The first-order chi connectivity index (χ1) is 8.95. The van der Waals surface area contributed by atoms with Crippen LogP contribution >= 0.6 is 15.9 Å². The molecule has 0 radical (unpaired) electrons. The summed E-state index contributed by atoms with van der Waals surface area (Å²) in [5.41, 5.74) is 0.949. The molecular weight excluding hydrogens is 326 g/mol. The Balaban J connectivity index is 2.21. The van der Waals surface area contributed by atoms with Gasteiger partial charge in [-0.15, -0.1) is 0 Å². The molecule has 0 bridgehead atoms. The number of sulfonamides is 1. The molecule has 1 atom stereocenters. The fourth-order valence-electron chi connectivity index (χ4n) is 2.59. The highest BCUT2D eigenvalue weighted by molar-refractivity contribution is 9.10. The van der Waals surface area contributed by atoms with Crippen LogP contribution in [0.25, 0.3) is 0 Å². The van der Waals surface area contributed by atoms with Crippen LogP contribution in [0.4, 0.5) is 0 Å². The summed E-state index contributed by atoms with van der Waals surface area (Å²) in [6.07, 6.45) is 3.23. The number of nitrogens with zero attached hydrogens (tertiary/aromatic N) is 1. The van der Waals surface area contributed by atoms with Crippen molar-refractivity contribution in [3.63, 3.8) is 0 Å². The lowest BCUT2D eigenvalue weighted by Gasteiger charge is -2.17. The summed E-state index contributed by atoms with van der Waals surface area (Å²) in [7, 11) is -3.32. The third-order valence-electron chi connectivity index (χ3n) is 3.71. The largest absolute Gasteiger partial charge is 0.243 e. The molecule has 19 heavy (non-hydrogen) atoms. The number of benzene rings is 1. The van der Waals surface area contributed by atoms with Crippen molar-refractivity contribution in [1.29, 1.82) is 0 Å². The third kappa shape index (κ3) is 3.20. The number of hydrogen-bond acceptors (Lipinski definition) is 2. The Bertz CT molecular complexity index is 557. The van der Waals surface area contributed by atoms with Crippen LogP contribution in [0.5, 0.6) is 0 Å². The Morgan fingerprint density at radius 1 is 1.42 bits per heavy atom. The van der Waals surface area contributed by atoms with Crippen LogP contribution in [-0.4, -0.2) is 25.8 Å². The molecule has 1 heterocycles. The minimum atomic E-state index is -3.32. The average molecular weight is 346 g/mol. The average Bonchev–Trinajstić information content (AvgIpc) is 2.82. The molecule has 0 N–H and O–H groups in total. The van der Waals surface area contributed by atoms with Crippen molar-refractivity contribution < 1.29 is 8.42 Å². The summed E-state index contributed by atoms with van der Waals surface area (Å²) in [4.78, 5) is 0.408. The summed E-state index contributed by atoms with van der Waals surface area (Å²) in [6.45, 7) is 5.38. The van der Waals surface area contributed by atoms with Crippen LogP contribution in [0, 0.1) is 12.8 Å². The standard InChI is InChI=1S/C14H20BrNO2S/c1-3-4-12-7-8-16(10-12)19(17,18)13-5-6-14(15)11(2)9-13/h5-6,9,12H,3-4,7-8,10H2,1-2H3. The monoisotopic (exact) mass is 345 g/mol. The van der Waals surface area contributed by atoms with Gasteiger partial charge in [-0.1, -0.05) is 29.3 Å². The van der Waals surface area contributed by atoms with Crippen molar-refractivity contribution in [3.8, 4) is 0 Å². The zero-order valence-electron chi connectivity index (χ0n) is 11.4. The second kappa shape index (κ2) is 5.94. The number of hydrogen-bond donors (Lipinski definition) is 0. The fraction of sp³-hybridized carbons (Fsp3) is 0.571. The van der Waals surface area contributed by atoms with Gasteiger partial charge in [-0.05, 0) is 49.4 Å². The van der Waals surface area contributed by atoms with Crippen molar-refractivity contribution in [3.05, 3.63) is 28.2 Å². The summed E-state index contributed by atoms with van der Waals surface area (Å²) < 4.78 is 27.7. The first-order valence-electron chi connectivity index (χ1n) is 6.71. The molecule has 1 saturated heterocycles. The number of halogens is 1. The van der Waals surface area contributed by atoms with Gasteiger partial charge in [0, 0.05) is 17.6 Å². The van der Waals surface area contributed by atoms with E-state index in [4.69, 9.17) is 0 Å². The van der Waals surface area contributed by atoms with Crippen molar-refractivity contribution in [2.24, 2.45) is 5.92 Å². The first kappa shape index (κ1) is 15.0. The minimum absolute atomic E-state index is 0.408. The number of rotatable bonds is 4. The highest BCUT2D eigenvalue weighted by Gasteiger charge is 2.32. The number of aryl methyl sites for hydroxylation is 1. The van der Waals surface area contributed by atoms with E-state index in [-0.39, 0.29) is 0 Å². The Morgan fingerprint density at radius 2 is 2.16 bits per heavy atom. The first-order valence-corrected chi connectivity index (χ1v) is 8.94. The Labute approximate surface area is 124 Å². The van der Waals surface area contributed by atoms with Gasteiger partial charge in [-0.25, -0.2) is 8.42 Å². The van der Waals surface area contributed by atoms with E-state index in [9.17, 15) is 8.42 Å². The highest BCUT2D eigenvalue weighted by atomic mass is 79.9. The van der Waals surface area contributed by atoms with Crippen molar-refractivity contribution >= 4 is 26.0 Å². The molecule has 1 aromatic rings. The lowest BCUT2D eigenvalue weighted by atomic mass is 10.0. The van der Waals surface area contributed by atoms with Gasteiger partial charge in [0.05, 0.1) is 4.90 Å². The molecule has 0 aromatic heterocycles. The molecule has 1 aliphatic rings.